The predicted octanol–water partition coefficient (Wildman–Crippen LogP) is 4.46. The van der Waals surface area contributed by atoms with Gasteiger partial charge in [0.2, 0.25) is 0 Å². The third kappa shape index (κ3) is 3.45. The summed E-state index contributed by atoms with van der Waals surface area (Å²) in [5, 5.41) is 3.38. The van der Waals surface area contributed by atoms with E-state index < -0.39 is 6.10 Å². The Morgan fingerprint density at radius 1 is 1.23 bits per heavy atom. The number of anilines is 1. The van der Waals surface area contributed by atoms with E-state index in [0.29, 0.717) is 10.9 Å². The highest BCUT2D eigenvalue weighted by molar-refractivity contribution is 9.10. The fourth-order valence-electron chi connectivity index (χ4n) is 1.90. The molecule has 1 N–H and O–H groups in total. The summed E-state index contributed by atoms with van der Waals surface area (Å²) in [6, 6.07) is 15.1. The molecule has 6 heteroatoms. The van der Waals surface area contributed by atoms with Crippen molar-refractivity contribution in [3.8, 4) is 5.75 Å². The highest BCUT2D eigenvalue weighted by Crippen LogP contribution is 2.25. The van der Waals surface area contributed by atoms with Crippen molar-refractivity contribution in [2.45, 2.75) is 13.0 Å². The number of hydrogen-bond acceptors (Lipinski definition) is 4. The number of aromatic nitrogens is 1. The first-order chi connectivity index (χ1) is 10.6. The standard InChI is InChI=1S/C16H13BrN2O2S/c1-10(21-12-8-6-11(17)7-9-12)15(20)19-16-18-13-4-2-3-5-14(13)22-16/h2-10H,1H3,(H,18,19,20)/t10-/m1/s1. The molecule has 1 atom stereocenters. The molecule has 3 aromatic rings. The van der Waals surface area contributed by atoms with Crippen LogP contribution in [0.4, 0.5) is 5.13 Å². The fourth-order valence-corrected chi connectivity index (χ4v) is 3.04. The molecule has 0 radical (unpaired) electrons. The summed E-state index contributed by atoms with van der Waals surface area (Å²) in [5.41, 5.74) is 0.879. The van der Waals surface area contributed by atoms with Gasteiger partial charge in [0.15, 0.2) is 11.2 Å². The average molecular weight is 377 g/mol. The first-order valence-electron chi connectivity index (χ1n) is 6.70. The summed E-state index contributed by atoms with van der Waals surface area (Å²) in [6.07, 6.45) is -0.604. The van der Waals surface area contributed by atoms with Gasteiger partial charge in [0.05, 0.1) is 10.2 Å². The third-order valence-corrected chi connectivity index (χ3v) is 4.50. The fraction of sp³-hybridized carbons (Fsp3) is 0.125. The Kier molecular flexibility index (Phi) is 4.40. The van der Waals surface area contributed by atoms with Crippen LogP contribution in [0.5, 0.6) is 5.75 Å². The van der Waals surface area contributed by atoms with Gasteiger partial charge in [0.25, 0.3) is 5.91 Å². The molecule has 0 saturated heterocycles. The minimum absolute atomic E-state index is 0.220. The lowest BCUT2D eigenvalue weighted by molar-refractivity contribution is -0.122. The number of nitrogens with zero attached hydrogens (tertiary/aromatic N) is 1. The van der Waals surface area contributed by atoms with E-state index in [2.05, 4.69) is 26.2 Å². The Hall–Kier alpha value is -1.92. The minimum atomic E-state index is -0.604. The summed E-state index contributed by atoms with van der Waals surface area (Å²) in [5.74, 6) is 0.428. The highest BCUT2D eigenvalue weighted by Gasteiger charge is 2.16. The molecule has 0 fully saturated rings. The summed E-state index contributed by atoms with van der Waals surface area (Å²) < 4.78 is 7.63. The van der Waals surface area contributed by atoms with E-state index in [-0.39, 0.29) is 5.91 Å². The second-order valence-corrected chi connectivity index (χ2v) is 6.64. The second-order valence-electron chi connectivity index (χ2n) is 4.69. The van der Waals surface area contributed by atoms with Gasteiger partial charge in [-0.05, 0) is 43.3 Å². The van der Waals surface area contributed by atoms with Crippen molar-refractivity contribution in [3.05, 3.63) is 53.0 Å². The van der Waals surface area contributed by atoms with Gasteiger partial charge in [-0.1, -0.05) is 39.4 Å². The molecule has 1 amide bonds. The molecular weight excluding hydrogens is 364 g/mol. The van der Waals surface area contributed by atoms with Gasteiger partial charge in [-0.25, -0.2) is 4.98 Å². The lowest BCUT2D eigenvalue weighted by Gasteiger charge is -2.13. The zero-order chi connectivity index (χ0) is 15.5. The number of ether oxygens (including phenoxy) is 1. The smallest absolute Gasteiger partial charge is 0.266 e. The van der Waals surface area contributed by atoms with Gasteiger partial charge < -0.3 is 4.74 Å². The molecule has 0 spiro atoms. The molecule has 0 saturated carbocycles. The Morgan fingerprint density at radius 3 is 2.68 bits per heavy atom. The summed E-state index contributed by atoms with van der Waals surface area (Å²) in [6.45, 7) is 1.71. The van der Waals surface area contributed by atoms with E-state index in [1.165, 1.54) is 11.3 Å². The third-order valence-electron chi connectivity index (χ3n) is 3.02. The van der Waals surface area contributed by atoms with E-state index >= 15 is 0 Å². The number of halogens is 1. The summed E-state index contributed by atoms with van der Waals surface area (Å²) in [4.78, 5) is 16.6. The second kappa shape index (κ2) is 6.46. The lowest BCUT2D eigenvalue weighted by atomic mass is 10.3. The van der Waals surface area contributed by atoms with E-state index in [4.69, 9.17) is 4.74 Å². The van der Waals surface area contributed by atoms with Gasteiger partial charge in [-0.3, -0.25) is 10.1 Å². The van der Waals surface area contributed by atoms with E-state index in [0.717, 1.165) is 14.7 Å². The highest BCUT2D eigenvalue weighted by atomic mass is 79.9. The Labute approximate surface area is 140 Å². The van der Waals surface area contributed by atoms with Crippen LogP contribution in [0, 0.1) is 0 Å². The molecule has 0 aliphatic heterocycles. The van der Waals surface area contributed by atoms with Crippen LogP contribution in [0.2, 0.25) is 0 Å². The van der Waals surface area contributed by atoms with Crippen LogP contribution in [-0.4, -0.2) is 17.0 Å². The van der Waals surface area contributed by atoms with Crippen LogP contribution in [-0.2, 0) is 4.79 Å². The molecular formula is C16H13BrN2O2S. The SMILES string of the molecule is C[C@@H](Oc1ccc(Br)cc1)C(=O)Nc1nc2ccccc2s1. The summed E-state index contributed by atoms with van der Waals surface area (Å²) >= 11 is 4.81. The first-order valence-corrected chi connectivity index (χ1v) is 8.31. The maximum atomic E-state index is 12.2. The van der Waals surface area contributed by atoms with Crippen molar-refractivity contribution in [3.63, 3.8) is 0 Å². The van der Waals surface area contributed by atoms with Crippen LogP contribution < -0.4 is 10.1 Å². The number of fused-ring (bicyclic) bond motifs is 1. The lowest BCUT2D eigenvalue weighted by Crippen LogP contribution is -2.30. The Bertz CT molecular complexity index is 768. The molecule has 22 heavy (non-hydrogen) atoms. The van der Waals surface area contributed by atoms with Gasteiger partial charge >= 0.3 is 0 Å². The molecule has 0 bridgehead atoms. The van der Waals surface area contributed by atoms with Crippen molar-refractivity contribution in [2.24, 2.45) is 0 Å². The van der Waals surface area contributed by atoms with Crippen LogP contribution in [0.25, 0.3) is 10.2 Å². The van der Waals surface area contributed by atoms with E-state index in [1.807, 2.05) is 48.5 Å². The van der Waals surface area contributed by atoms with Gasteiger partial charge in [-0.15, -0.1) is 0 Å². The van der Waals surface area contributed by atoms with Gasteiger partial charge in [-0.2, -0.15) is 0 Å². The molecule has 112 valence electrons. The maximum absolute atomic E-state index is 12.2. The Morgan fingerprint density at radius 2 is 1.95 bits per heavy atom. The number of hydrogen-bond donors (Lipinski definition) is 1. The van der Waals surface area contributed by atoms with Crippen molar-refractivity contribution >= 4 is 48.5 Å². The molecule has 4 nitrogen and oxygen atoms in total. The number of benzene rings is 2. The van der Waals surface area contributed by atoms with Gasteiger partial charge in [0, 0.05) is 4.47 Å². The van der Waals surface area contributed by atoms with Crippen LogP contribution >= 0.6 is 27.3 Å². The van der Waals surface area contributed by atoms with Crippen LogP contribution in [0.3, 0.4) is 0 Å². The van der Waals surface area contributed by atoms with Crippen molar-refractivity contribution in [2.75, 3.05) is 5.32 Å². The maximum Gasteiger partial charge on any atom is 0.266 e. The van der Waals surface area contributed by atoms with Crippen LogP contribution in [0.1, 0.15) is 6.92 Å². The molecule has 0 unspecified atom stereocenters. The molecule has 1 heterocycles. The number of thiazole rings is 1. The number of nitrogens with one attached hydrogen (secondary N) is 1. The van der Waals surface area contributed by atoms with Crippen molar-refractivity contribution < 1.29 is 9.53 Å². The molecule has 3 rings (SSSR count). The average Bonchev–Trinajstić information content (AvgIpc) is 2.91. The number of amides is 1. The monoisotopic (exact) mass is 376 g/mol. The van der Waals surface area contributed by atoms with E-state index in [1.54, 1.807) is 6.92 Å². The van der Waals surface area contributed by atoms with Crippen LogP contribution in [0.15, 0.2) is 53.0 Å². The van der Waals surface area contributed by atoms with Crippen molar-refractivity contribution in [1.82, 2.24) is 4.98 Å². The zero-order valence-corrected chi connectivity index (χ0v) is 14.1. The first kappa shape index (κ1) is 15.0. The zero-order valence-electron chi connectivity index (χ0n) is 11.7. The minimum Gasteiger partial charge on any atom is -0.481 e. The van der Waals surface area contributed by atoms with Gasteiger partial charge in [0.1, 0.15) is 5.75 Å². The number of para-hydroxylation sites is 1. The molecule has 0 aliphatic carbocycles. The molecule has 0 aliphatic rings. The van der Waals surface area contributed by atoms with Crippen molar-refractivity contribution in [1.29, 1.82) is 0 Å². The predicted molar refractivity (Wildman–Crippen MR) is 92.5 cm³/mol. The number of rotatable bonds is 4. The quantitative estimate of drug-likeness (QED) is 0.730. The normalized spacial score (nSPS) is 12.1. The van der Waals surface area contributed by atoms with E-state index in [9.17, 15) is 4.79 Å². The topological polar surface area (TPSA) is 51.2 Å². The number of carbonyl (C=O) groups excluding carboxylic acids is 1. The molecule has 1 aromatic heterocycles. The molecule has 2 aromatic carbocycles. The largest absolute Gasteiger partial charge is 0.481 e. The summed E-state index contributed by atoms with van der Waals surface area (Å²) in [7, 11) is 0. The number of carbonyl (C=O) groups is 1. The Balaban J connectivity index is 1.66.